The molecule has 0 spiro atoms. The summed E-state index contributed by atoms with van der Waals surface area (Å²) in [6, 6.07) is 0. The topological polar surface area (TPSA) is 82.9 Å². The lowest BCUT2D eigenvalue weighted by atomic mass is 10.1. The third-order valence-corrected chi connectivity index (χ3v) is 2.54. The van der Waals surface area contributed by atoms with Crippen molar-refractivity contribution >= 4 is 23.2 Å². The van der Waals surface area contributed by atoms with Crippen molar-refractivity contribution in [2.45, 2.75) is 41.5 Å². The van der Waals surface area contributed by atoms with Gasteiger partial charge in [-0.15, -0.1) is 0 Å². The Labute approximate surface area is 108 Å². The summed E-state index contributed by atoms with van der Waals surface area (Å²) in [6.07, 6.45) is 0. The van der Waals surface area contributed by atoms with Crippen LogP contribution in [0.3, 0.4) is 0 Å². The van der Waals surface area contributed by atoms with Crippen molar-refractivity contribution in [3.63, 3.8) is 0 Å². The number of carbonyl (C=O) groups is 2. The van der Waals surface area contributed by atoms with Crippen LogP contribution in [0, 0.1) is 11.8 Å². The lowest BCUT2D eigenvalue weighted by molar-refractivity contribution is -0.139. The van der Waals surface area contributed by atoms with Gasteiger partial charge in [-0.25, -0.2) is 10.9 Å². The summed E-state index contributed by atoms with van der Waals surface area (Å²) in [7, 11) is 0. The zero-order valence-corrected chi connectivity index (χ0v) is 11.9. The van der Waals surface area contributed by atoms with Crippen LogP contribution < -0.4 is 10.9 Å². The van der Waals surface area contributed by atoms with Crippen molar-refractivity contribution in [2.75, 3.05) is 0 Å². The van der Waals surface area contributed by atoms with Crippen molar-refractivity contribution < 1.29 is 9.59 Å². The molecular weight excluding hydrogens is 232 g/mol. The second-order valence-electron chi connectivity index (χ2n) is 4.70. The molecule has 0 unspecified atom stereocenters. The Morgan fingerprint density at radius 3 is 1.28 bits per heavy atom. The van der Waals surface area contributed by atoms with E-state index in [-0.39, 0.29) is 11.8 Å². The molecule has 2 N–H and O–H groups in total. The first-order valence-corrected chi connectivity index (χ1v) is 5.94. The first-order chi connectivity index (χ1) is 8.25. The SMILES string of the molecule is CC(=NNC(=O)C(=O)NN=C(C)C(C)C)C(C)C. The molecule has 2 amide bonds. The lowest BCUT2D eigenvalue weighted by Gasteiger charge is -2.05. The Kier molecular flexibility index (Phi) is 6.85. The maximum atomic E-state index is 11.4. The Balaban J connectivity index is 4.34. The number of nitrogens with zero attached hydrogens (tertiary/aromatic N) is 2. The van der Waals surface area contributed by atoms with E-state index in [1.54, 1.807) is 13.8 Å². The average Bonchev–Trinajstić information content (AvgIpc) is 2.31. The van der Waals surface area contributed by atoms with E-state index in [0.717, 1.165) is 11.4 Å². The molecule has 0 bridgehead atoms. The highest BCUT2D eigenvalue weighted by Gasteiger charge is 2.12. The van der Waals surface area contributed by atoms with Gasteiger partial charge in [-0.05, 0) is 25.7 Å². The largest absolute Gasteiger partial charge is 0.331 e. The number of nitrogens with one attached hydrogen (secondary N) is 2. The fourth-order valence-corrected chi connectivity index (χ4v) is 0.638. The minimum absolute atomic E-state index is 0.217. The summed E-state index contributed by atoms with van der Waals surface area (Å²) in [5, 5.41) is 7.63. The molecule has 102 valence electrons. The van der Waals surface area contributed by atoms with E-state index in [9.17, 15) is 9.59 Å². The van der Waals surface area contributed by atoms with Crippen LogP contribution in [0.4, 0.5) is 0 Å². The highest BCUT2D eigenvalue weighted by molar-refractivity contribution is 6.35. The minimum Gasteiger partial charge on any atom is -0.262 e. The molecule has 0 aromatic rings. The summed E-state index contributed by atoms with van der Waals surface area (Å²) < 4.78 is 0. The van der Waals surface area contributed by atoms with Gasteiger partial charge in [-0.3, -0.25) is 9.59 Å². The third-order valence-electron chi connectivity index (χ3n) is 2.54. The van der Waals surface area contributed by atoms with Crippen LogP contribution in [-0.2, 0) is 9.59 Å². The molecule has 0 radical (unpaired) electrons. The zero-order chi connectivity index (χ0) is 14.3. The molecule has 0 aliphatic heterocycles. The third kappa shape index (κ3) is 6.12. The number of hydrazone groups is 2. The van der Waals surface area contributed by atoms with Crippen LogP contribution in [0.15, 0.2) is 10.2 Å². The smallest absolute Gasteiger partial charge is 0.262 e. The number of rotatable bonds is 4. The molecule has 6 nitrogen and oxygen atoms in total. The van der Waals surface area contributed by atoms with Gasteiger partial charge in [0.25, 0.3) is 0 Å². The molecule has 0 saturated carbocycles. The molecule has 0 aromatic heterocycles. The molecule has 18 heavy (non-hydrogen) atoms. The monoisotopic (exact) mass is 254 g/mol. The van der Waals surface area contributed by atoms with E-state index in [2.05, 4.69) is 21.1 Å². The van der Waals surface area contributed by atoms with Gasteiger partial charge in [0, 0.05) is 11.4 Å². The Morgan fingerprint density at radius 2 is 1.06 bits per heavy atom. The highest BCUT2D eigenvalue weighted by Crippen LogP contribution is 1.95. The van der Waals surface area contributed by atoms with Crippen molar-refractivity contribution in [3.05, 3.63) is 0 Å². The van der Waals surface area contributed by atoms with E-state index < -0.39 is 11.8 Å². The van der Waals surface area contributed by atoms with Gasteiger partial charge in [0.15, 0.2) is 0 Å². The Bertz CT molecular complexity index is 334. The first kappa shape index (κ1) is 16.3. The Hall–Kier alpha value is -1.72. The van der Waals surface area contributed by atoms with Crippen molar-refractivity contribution in [3.8, 4) is 0 Å². The second-order valence-corrected chi connectivity index (χ2v) is 4.70. The lowest BCUT2D eigenvalue weighted by Crippen LogP contribution is -2.36. The molecule has 0 aliphatic rings. The summed E-state index contributed by atoms with van der Waals surface area (Å²) in [5.41, 5.74) is 5.86. The fraction of sp³-hybridized carbons (Fsp3) is 0.667. The Morgan fingerprint density at radius 1 is 0.778 bits per heavy atom. The average molecular weight is 254 g/mol. The number of carbonyl (C=O) groups excluding carboxylic acids is 2. The standard InChI is InChI=1S/C12H22N4O2/c1-7(2)9(5)13-15-11(17)12(18)16-14-10(6)8(3)4/h7-8H,1-6H3,(H,15,17)(H,16,18). The number of hydrogen-bond donors (Lipinski definition) is 2. The van der Waals surface area contributed by atoms with Gasteiger partial charge in [0.1, 0.15) is 0 Å². The molecule has 0 fully saturated rings. The zero-order valence-electron chi connectivity index (χ0n) is 11.9. The van der Waals surface area contributed by atoms with Gasteiger partial charge in [0.2, 0.25) is 0 Å². The van der Waals surface area contributed by atoms with Crippen LogP contribution in [0.1, 0.15) is 41.5 Å². The van der Waals surface area contributed by atoms with Crippen molar-refractivity contribution in [1.82, 2.24) is 10.9 Å². The number of amides is 2. The maximum absolute atomic E-state index is 11.4. The fourth-order valence-electron chi connectivity index (χ4n) is 0.638. The van der Waals surface area contributed by atoms with Gasteiger partial charge in [-0.2, -0.15) is 10.2 Å². The summed E-state index contributed by atoms with van der Waals surface area (Å²) in [6.45, 7) is 11.3. The minimum atomic E-state index is -0.824. The molecule has 6 heteroatoms. The van der Waals surface area contributed by atoms with Crippen molar-refractivity contribution in [2.24, 2.45) is 22.0 Å². The number of hydrogen-bond acceptors (Lipinski definition) is 4. The first-order valence-electron chi connectivity index (χ1n) is 5.94. The predicted octanol–water partition coefficient (Wildman–Crippen LogP) is 1.28. The second kappa shape index (κ2) is 7.58. The maximum Gasteiger partial charge on any atom is 0.331 e. The van der Waals surface area contributed by atoms with E-state index in [1.807, 2.05) is 27.7 Å². The molecule has 0 aromatic carbocycles. The van der Waals surface area contributed by atoms with E-state index >= 15 is 0 Å². The van der Waals surface area contributed by atoms with Gasteiger partial charge in [0.05, 0.1) is 0 Å². The van der Waals surface area contributed by atoms with Crippen LogP contribution in [0.5, 0.6) is 0 Å². The van der Waals surface area contributed by atoms with Crippen LogP contribution in [0.25, 0.3) is 0 Å². The van der Waals surface area contributed by atoms with Gasteiger partial charge < -0.3 is 0 Å². The quantitative estimate of drug-likeness (QED) is 0.450. The van der Waals surface area contributed by atoms with Gasteiger partial charge in [-0.1, -0.05) is 27.7 Å². The summed E-state index contributed by atoms with van der Waals surface area (Å²) in [5.74, 6) is -1.21. The summed E-state index contributed by atoms with van der Waals surface area (Å²) >= 11 is 0. The van der Waals surface area contributed by atoms with E-state index in [0.29, 0.717) is 0 Å². The van der Waals surface area contributed by atoms with Crippen LogP contribution in [-0.4, -0.2) is 23.2 Å². The van der Waals surface area contributed by atoms with Gasteiger partial charge >= 0.3 is 11.8 Å². The highest BCUT2D eigenvalue weighted by atomic mass is 16.2. The summed E-state index contributed by atoms with van der Waals surface area (Å²) in [4.78, 5) is 22.7. The molecule has 0 heterocycles. The van der Waals surface area contributed by atoms with Crippen molar-refractivity contribution in [1.29, 1.82) is 0 Å². The van der Waals surface area contributed by atoms with Crippen LogP contribution >= 0.6 is 0 Å². The normalized spacial score (nSPS) is 12.9. The predicted molar refractivity (Wildman–Crippen MR) is 72.2 cm³/mol. The molecule has 0 saturated heterocycles. The molecule has 0 aliphatic carbocycles. The van der Waals surface area contributed by atoms with E-state index in [4.69, 9.17) is 0 Å². The van der Waals surface area contributed by atoms with E-state index in [1.165, 1.54) is 0 Å². The molecule has 0 atom stereocenters. The molecule has 0 rings (SSSR count). The van der Waals surface area contributed by atoms with Crippen LogP contribution in [0.2, 0.25) is 0 Å². The molecular formula is C12H22N4O2.